The third-order valence-corrected chi connectivity index (χ3v) is 3.98. The summed E-state index contributed by atoms with van der Waals surface area (Å²) in [4.78, 5) is 14.7. The molecule has 1 amide bonds. The van der Waals surface area contributed by atoms with Gasteiger partial charge < -0.3 is 9.32 Å². The highest BCUT2D eigenvalue weighted by Crippen LogP contribution is 2.33. The molecule has 112 valence electrons. The summed E-state index contributed by atoms with van der Waals surface area (Å²) in [5.41, 5.74) is 1.57. The SMILES string of the molecule is CCN(CC)C(=O)c1ccc2ccccc2c1-c1ccco1. The number of rotatable bonds is 4. The summed E-state index contributed by atoms with van der Waals surface area (Å²) < 4.78 is 5.59. The van der Waals surface area contributed by atoms with Gasteiger partial charge in [0.15, 0.2) is 0 Å². The summed E-state index contributed by atoms with van der Waals surface area (Å²) in [6, 6.07) is 15.7. The van der Waals surface area contributed by atoms with Gasteiger partial charge in [0, 0.05) is 18.7 Å². The van der Waals surface area contributed by atoms with Crippen LogP contribution < -0.4 is 0 Å². The van der Waals surface area contributed by atoms with E-state index in [1.807, 2.05) is 67.3 Å². The van der Waals surface area contributed by atoms with Crippen LogP contribution in [0.1, 0.15) is 24.2 Å². The van der Waals surface area contributed by atoms with E-state index in [0.717, 1.165) is 22.1 Å². The van der Waals surface area contributed by atoms with Crippen molar-refractivity contribution in [2.45, 2.75) is 13.8 Å². The number of carbonyl (C=O) groups excluding carboxylic acids is 1. The molecule has 3 rings (SSSR count). The maximum absolute atomic E-state index is 12.9. The van der Waals surface area contributed by atoms with Gasteiger partial charge in [-0.1, -0.05) is 30.3 Å². The van der Waals surface area contributed by atoms with Gasteiger partial charge in [0.05, 0.1) is 11.8 Å². The smallest absolute Gasteiger partial charge is 0.254 e. The van der Waals surface area contributed by atoms with Gasteiger partial charge in [-0.25, -0.2) is 0 Å². The fourth-order valence-corrected chi connectivity index (χ4v) is 2.82. The van der Waals surface area contributed by atoms with Gasteiger partial charge in [-0.3, -0.25) is 4.79 Å². The Morgan fingerprint density at radius 3 is 2.45 bits per heavy atom. The lowest BCUT2D eigenvalue weighted by molar-refractivity contribution is 0.0773. The number of benzene rings is 2. The molecule has 3 aromatic rings. The minimum absolute atomic E-state index is 0.0437. The number of amides is 1. The van der Waals surface area contributed by atoms with Crippen LogP contribution in [-0.4, -0.2) is 23.9 Å². The Balaban J connectivity index is 2.26. The Morgan fingerprint density at radius 2 is 1.77 bits per heavy atom. The summed E-state index contributed by atoms with van der Waals surface area (Å²) in [6.45, 7) is 5.38. The lowest BCUT2D eigenvalue weighted by Crippen LogP contribution is -2.30. The van der Waals surface area contributed by atoms with E-state index in [4.69, 9.17) is 4.42 Å². The first-order valence-corrected chi connectivity index (χ1v) is 7.61. The largest absolute Gasteiger partial charge is 0.464 e. The van der Waals surface area contributed by atoms with E-state index in [1.165, 1.54) is 0 Å². The summed E-state index contributed by atoms with van der Waals surface area (Å²) in [6.07, 6.45) is 1.64. The molecule has 0 bridgehead atoms. The van der Waals surface area contributed by atoms with E-state index < -0.39 is 0 Å². The number of carbonyl (C=O) groups is 1. The minimum Gasteiger partial charge on any atom is -0.464 e. The third kappa shape index (κ3) is 2.39. The number of hydrogen-bond donors (Lipinski definition) is 0. The zero-order valence-electron chi connectivity index (χ0n) is 12.9. The number of furan rings is 1. The predicted molar refractivity (Wildman–Crippen MR) is 88.9 cm³/mol. The Morgan fingerprint density at radius 1 is 1.00 bits per heavy atom. The van der Waals surface area contributed by atoms with E-state index in [9.17, 15) is 4.79 Å². The highest BCUT2D eigenvalue weighted by Gasteiger charge is 2.20. The molecular weight excluding hydrogens is 274 g/mol. The van der Waals surface area contributed by atoms with E-state index >= 15 is 0 Å². The highest BCUT2D eigenvalue weighted by molar-refractivity contribution is 6.09. The molecule has 22 heavy (non-hydrogen) atoms. The number of hydrogen-bond acceptors (Lipinski definition) is 2. The second kappa shape index (κ2) is 6.06. The van der Waals surface area contributed by atoms with Crippen LogP contribution in [-0.2, 0) is 0 Å². The molecule has 0 aliphatic rings. The first-order chi connectivity index (χ1) is 10.8. The van der Waals surface area contributed by atoms with Crippen molar-refractivity contribution in [3.05, 3.63) is 60.4 Å². The van der Waals surface area contributed by atoms with Crippen LogP contribution in [0.5, 0.6) is 0 Å². The van der Waals surface area contributed by atoms with Crippen LogP contribution in [0.25, 0.3) is 22.1 Å². The fraction of sp³-hybridized carbons (Fsp3) is 0.211. The van der Waals surface area contributed by atoms with Crippen LogP contribution in [0.15, 0.2) is 59.2 Å². The molecule has 0 aliphatic carbocycles. The summed E-state index contributed by atoms with van der Waals surface area (Å²) in [5, 5.41) is 2.14. The Hall–Kier alpha value is -2.55. The van der Waals surface area contributed by atoms with Gasteiger partial charge in [0.2, 0.25) is 0 Å². The number of fused-ring (bicyclic) bond motifs is 1. The molecule has 1 aromatic heterocycles. The van der Waals surface area contributed by atoms with E-state index in [0.29, 0.717) is 18.7 Å². The van der Waals surface area contributed by atoms with Crippen molar-refractivity contribution >= 4 is 16.7 Å². The molecule has 0 radical (unpaired) electrons. The van der Waals surface area contributed by atoms with Crippen LogP contribution in [0, 0.1) is 0 Å². The lowest BCUT2D eigenvalue weighted by atomic mass is 9.96. The normalized spacial score (nSPS) is 10.8. The molecule has 0 aliphatic heterocycles. The van der Waals surface area contributed by atoms with Gasteiger partial charge >= 0.3 is 0 Å². The van der Waals surface area contributed by atoms with Crippen molar-refractivity contribution in [2.75, 3.05) is 13.1 Å². The average molecular weight is 293 g/mol. The average Bonchev–Trinajstić information content (AvgIpc) is 3.08. The van der Waals surface area contributed by atoms with Gasteiger partial charge in [-0.15, -0.1) is 0 Å². The Bertz CT molecular complexity index is 786. The van der Waals surface area contributed by atoms with Crippen molar-refractivity contribution in [1.82, 2.24) is 4.90 Å². The second-order valence-electron chi connectivity index (χ2n) is 5.16. The summed E-state index contributed by atoms with van der Waals surface area (Å²) in [5.74, 6) is 0.773. The lowest BCUT2D eigenvalue weighted by Gasteiger charge is -2.20. The van der Waals surface area contributed by atoms with Crippen LogP contribution in [0.4, 0.5) is 0 Å². The topological polar surface area (TPSA) is 33.5 Å². The van der Waals surface area contributed by atoms with E-state index in [1.54, 1.807) is 6.26 Å². The predicted octanol–water partition coefficient (Wildman–Crippen LogP) is 4.58. The summed E-state index contributed by atoms with van der Waals surface area (Å²) in [7, 11) is 0. The highest BCUT2D eigenvalue weighted by atomic mass is 16.3. The van der Waals surface area contributed by atoms with Crippen LogP contribution >= 0.6 is 0 Å². The van der Waals surface area contributed by atoms with Gasteiger partial charge in [0.25, 0.3) is 5.91 Å². The molecule has 3 heteroatoms. The Labute approximate surface area is 130 Å². The summed E-state index contributed by atoms with van der Waals surface area (Å²) >= 11 is 0. The fourth-order valence-electron chi connectivity index (χ4n) is 2.82. The molecule has 0 fully saturated rings. The zero-order valence-corrected chi connectivity index (χ0v) is 12.9. The van der Waals surface area contributed by atoms with Gasteiger partial charge in [-0.05, 0) is 42.8 Å². The molecule has 0 saturated carbocycles. The maximum atomic E-state index is 12.9. The third-order valence-electron chi connectivity index (χ3n) is 3.98. The van der Waals surface area contributed by atoms with Crippen molar-refractivity contribution in [1.29, 1.82) is 0 Å². The van der Waals surface area contributed by atoms with E-state index in [2.05, 4.69) is 0 Å². The van der Waals surface area contributed by atoms with Gasteiger partial charge in [0.1, 0.15) is 5.76 Å². The first-order valence-electron chi connectivity index (χ1n) is 7.61. The standard InChI is InChI=1S/C19H19NO2/c1-3-20(4-2)19(21)16-12-11-14-8-5-6-9-15(14)18(16)17-10-7-13-22-17/h5-13H,3-4H2,1-2H3. The van der Waals surface area contributed by atoms with Crippen LogP contribution in [0.2, 0.25) is 0 Å². The molecule has 2 aromatic carbocycles. The zero-order chi connectivity index (χ0) is 15.5. The quantitative estimate of drug-likeness (QED) is 0.705. The first kappa shape index (κ1) is 14.4. The van der Waals surface area contributed by atoms with Crippen LogP contribution in [0.3, 0.4) is 0 Å². The van der Waals surface area contributed by atoms with E-state index in [-0.39, 0.29) is 5.91 Å². The van der Waals surface area contributed by atoms with Crippen molar-refractivity contribution < 1.29 is 9.21 Å². The molecule has 1 heterocycles. The molecule has 0 spiro atoms. The van der Waals surface area contributed by atoms with Crippen molar-refractivity contribution in [3.8, 4) is 11.3 Å². The number of nitrogens with zero attached hydrogens (tertiary/aromatic N) is 1. The molecular formula is C19H19NO2. The minimum atomic E-state index is 0.0437. The molecule has 0 atom stereocenters. The molecule has 3 nitrogen and oxygen atoms in total. The monoisotopic (exact) mass is 293 g/mol. The van der Waals surface area contributed by atoms with Crippen molar-refractivity contribution in [3.63, 3.8) is 0 Å². The second-order valence-corrected chi connectivity index (χ2v) is 5.16. The molecule has 0 unspecified atom stereocenters. The van der Waals surface area contributed by atoms with Gasteiger partial charge in [-0.2, -0.15) is 0 Å². The molecule has 0 saturated heterocycles. The van der Waals surface area contributed by atoms with Crippen molar-refractivity contribution in [2.24, 2.45) is 0 Å². The maximum Gasteiger partial charge on any atom is 0.254 e. The Kier molecular flexibility index (Phi) is 3.96. The molecule has 0 N–H and O–H groups in total.